The Hall–Kier alpha value is -1.85. The molecule has 0 aromatic heterocycles. The standard InChI is InChI=1S/C26H31F3N2/c1-30(2)21-7-9-22(10-8-21)31-13-12-19-16-25(31)24-15-18(6-11-23(19)24)17-4-3-5-20(14-17)26(27,28)29/h3-6,11,14-15,19,21-22,25H,7-10,12-13,16H2,1-2H3/t19-,21-,22+,25+/m1/s1. The number of nitrogens with zero attached hydrogens (tertiary/aromatic N) is 2. The lowest BCUT2D eigenvalue weighted by Gasteiger charge is -2.43. The van der Waals surface area contributed by atoms with Crippen molar-refractivity contribution >= 4 is 0 Å². The third kappa shape index (κ3) is 3.91. The van der Waals surface area contributed by atoms with E-state index in [0.29, 0.717) is 29.6 Å². The number of halogens is 3. The molecular weight excluding hydrogens is 397 g/mol. The molecule has 5 heteroatoms. The molecule has 1 saturated heterocycles. The summed E-state index contributed by atoms with van der Waals surface area (Å²) in [6.07, 6.45) is 3.03. The molecule has 2 bridgehead atoms. The van der Waals surface area contributed by atoms with Gasteiger partial charge in [-0.05, 0) is 106 Å². The van der Waals surface area contributed by atoms with Crippen molar-refractivity contribution < 1.29 is 13.2 Å². The van der Waals surface area contributed by atoms with E-state index in [2.05, 4.69) is 36.0 Å². The van der Waals surface area contributed by atoms with Crippen molar-refractivity contribution in [3.63, 3.8) is 0 Å². The minimum atomic E-state index is -4.31. The molecule has 0 spiro atoms. The molecule has 1 saturated carbocycles. The SMILES string of the molecule is CN(C)[C@H]1CC[C@@H](N2CC[C@@H]3C[C@H]2c2cc(-c4cccc(C(F)(F)F)c4)ccc23)CC1. The normalized spacial score (nSPS) is 28.7. The Morgan fingerprint density at radius 2 is 1.61 bits per heavy atom. The second-order valence-corrected chi connectivity index (χ2v) is 9.82. The average Bonchev–Trinajstić information content (AvgIpc) is 3.05. The largest absolute Gasteiger partial charge is 0.416 e. The van der Waals surface area contributed by atoms with Crippen molar-refractivity contribution in [2.45, 2.75) is 68.7 Å². The molecule has 2 nitrogen and oxygen atoms in total. The monoisotopic (exact) mass is 428 g/mol. The predicted molar refractivity (Wildman–Crippen MR) is 118 cm³/mol. The van der Waals surface area contributed by atoms with E-state index < -0.39 is 11.7 Å². The minimum Gasteiger partial charge on any atom is -0.306 e. The van der Waals surface area contributed by atoms with Gasteiger partial charge in [0.05, 0.1) is 5.56 Å². The number of benzene rings is 2. The summed E-state index contributed by atoms with van der Waals surface area (Å²) in [4.78, 5) is 5.08. The Morgan fingerprint density at radius 1 is 0.871 bits per heavy atom. The van der Waals surface area contributed by atoms with E-state index in [9.17, 15) is 13.2 Å². The van der Waals surface area contributed by atoms with Gasteiger partial charge in [-0.15, -0.1) is 0 Å². The number of rotatable bonds is 3. The fraction of sp³-hybridized carbons (Fsp3) is 0.538. The molecular formula is C26H31F3N2. The Bertz CT molecular complexity index is 944. The van der Waals surface area contributed by atoms with Gasteiger partial charge in [0.15, 0.2) is 0 Å². The summed E-state index contributed by atoms with van der Waals surface area (Å²) in [5.41, 5.74) is 3.74. The van der Waals surface area contributed by atoms with Crippen LogP contribution in [-0.4, -0.2) is 42.5 Å². The zero-order chi connectivity index (χ0) is 21.8. The molecule has 0 amide bonds. The van der Waals surface area contributed by atoms with Crippen LogP contribution in [0.25, 0.3) is 11.1 Å². The van der Waals surface area contributed by atoms with Crippen LogP contribution >= 0.6 is 0 Å². The second-order valence-electron chi connectivity index (χ2n) is 9.82. The smallest absolute Gasteiger partial charge is 0.306 e. The summed E-state index contributed by atoms with van der Waals surface area (Å²) in [5.74, 6) is 0.602. The van der Waals surface area contributed by atoms with Crippen molar-refractivity contribution in [3.05, 3.63) is 59.2 Å². The maximum absolute atomic E-state index is 13.2. The third-order valence-electron chi connectivity index (χ3n) is 7.92. The van der Waals surface area contributed by atoms with Crippen molar-refractivity contribution in [2.24, 2.45) is 0 Å². The van der Waals surface area contributed by atoms with Crippen LogP contribution in [0.5, 0.6) is 0 Å². The van der Waals surface area contributed by atoms with Gasteiger partial charge >= 0.3 is 6.18 Å². The zero-order valence-electron chi connectivity index (χ0n) is 18.3. The highest BCUT2D eigenvalue weighted by atomic mass is 19.4. The average molecular weight is 429 g/mol. The number of likely N-dealkylation sites (tertiary alicyclic amines) is 1. The lowest BCUT2D eigenvalue weighted by molar-refractivity contribution is -0.137. The summed E-state index contributed by atoms with van der Waals surface area (Å²) in [6.45, 7) is 1.14. The molecule has 2 aliphatic carbocycles. The number of piperidine rings is 1. The van der Waals surface area contributed by atoms with Gasteiger partial charge in [-0.3, -0.25) is 4.90 Å². The summed E-state index contributed by atoms with van der Waals surface area (Å²) in [5, 5.41) is 0. The predicted octanol–water partition coefficient (Wildman–Crippen LogP) is 6.48. The Kier molecular flexibility index (Phi) is 5.38. The number of hydrogen-bond donors (Lipinski definition) is 0. The van der Waals surface area contributed by atoms with E-state index in [4.69, 9.17) is 0 Å². The first-order chi connectivity index (χ1) is 14.8. The van der Waals surface area contributed by atoms with Crippen LogP contribution in [0.1, 0.15) is 67.2 Å². The minimum absolute atomic E-state index is 0.417. The first kappa shape index (κ1) is 21.0. The van der Waals surface area contributed by atoms with E-state index in [1.165, 1.54) is 55.4 Å². The molecule has 5 rings (SSSR count). The lowest BCUT2D eigenvalue weighted by atomic mass is 9.86. The van der Waals surface area contributed by atoms with Crippen LogP contribution in [0.15, 0.2) is 42.5 Å². The zero-order valence-corrected chi connectivity index (χ0v) is 18.3. The van der Waals surface area contributed by atoms with E-state index in [1.54, 1.807) is 6.07 Å². The molecule has 2 aromatic carbocycles. The topological polar surface area (TPSA) is 6.48 Å². The maximum Gasteiger partial charge on any atom is 0.416 e. The van der Waals surface area contributed by atoms with Crippen LogP contribution in [0.2, 0.25) is 0 Å². The molecule has 0 radical (unpaired) electrons. The quantitative estimate of drug-likeness (QED) is 0.552. The Balaban J connectivity index is 1.42. The molecule has 2 aromatic rings. The second kappa shape index (κ2) is 7.93. The number of hydrogen-bond acceptors (Lipinski definition) is 2. The summed E-state index contributed by atoms with van der Waals surface area (Å²) in [7, 11) is 4.36. The van der Waals surface area contributed by atoms with E-state index in [1.807, 2.05) is 6.07 Å². The van der Waals surface area contributed by atoms with Gasteiger partial charge in [-0.25, -0.2) is 0 Å². The van der Waals surface area contributed by atoms with Crippen molar-refractivity contribution in [1.29, 1.82) is 0 Å². The highest BCUT2D eigenvalue weighted by Crippen LogP contribution is 2.51. The molecule has 0 unspecified atom stereocenters. The molecule has 2 fully saturated rings. The molecule has 166 valence electrons. The van der Waals surface area contributed by atoms with Gasteiger partial charge in [0.2, 0.25) is 0 Å². The highest BCUT2D eigenvalue weighted by Gasteiger charge is 2.42. The molecule has 1 aliphatic heterocycles. The fourth-order valence-electron chi connectivity index (χ4n) is 6.20. The molecule has 1 heterocycles. The fourth-order valence-corrected chi connectivity index (χ4v) is 6.20. The first-order valence-electron chi connectivity index (χ1n) is 11.5. The van der Waals surface area contributed by atoms with Crippen LogP contribution in [0.4, 0.5) is 13.2 Å². The van der Waals surface area contributed by atoms with Crippen molar-refractivity contribution in [3.8, 4) is 11.1 Å². The highest BCUT2D eigenvalue weighted by molar-refractivity contribution is 5.67. The molecule has 2 atom stereocenters. The molecule has 31 heavy (non-hydrogen) atoms. The Labute approximate surface area is 183 Å². The van der Waals surface area contributed by atoms with Gasteiger partial charge < -0.3 is 4.90 Å². The van der Waals surface area contributed by atoms with Gasteiger partial charge in [0.1, 0.15) is 0 Å². The third-order valence-corrected chi connectivity index (χ3v) is 7.92. The van der Waals surface area contributed by atoms with E-state index in [0.717, 1.165) is 24.6 Å². The van der Waals surface area contributed by atoms with Gasteiger partial charge in [-0.2, -0.15) is 13.2 Å². The van der Waals surface area contributed by atoms with Crippen LogP contribution in [0, 0.1) is 0 Å². The van der Waals surface area contributed by atoms with Gasteiger partial charge in [0, 0.05) is 18.1 Å². The summed E-state index contributed by atoms with van der Waals surface area (Å²) in [6, 6.07) is 13.8. The van der Waals surface area contributed by atoms with E-state index >= 15 is 0 Å². The first-order valence-corrected chi connectivity index (χ1v) is 11.5. The van der Waals surface area contributed by atoms with Crippen molar-refractivity contribution in [2.75, 3.05) is 20.6 Å². The molecule has 0 N–H and O–H groups in total. The summed E-state index contributed by atoms with van der Waals surface area (Å²) >= 11 is 0. The lowest BCUT2D eigenvalue weighted by Crippen LogP contribution is -2.45. The van der Waals surface area contributed by atoms with Crippen LogP contribution in [0.3, 0.4) is 0 Å². The van der Waals surface area contributed by atoms with Gasteiger partial charge in [0.25, 0.3) is 0 Å². The number of alkyl halides is 3. The van der Waals surface area contributed by atoms with E-state index in [-0.39, 0.29) is 0 Å². The maximum atomic E-state index is 13.2. The van der Waals surface area contributed by atoms with Crippen molar-refractivity contribution in [1.82, 2.24) is 9.80 Å². The van der Waals surface area contributed by atoms with Crippen LogP contribution in [-0.2, 0) is 6.18 Å². The van der Waals surface area contributed by atoms with Gasteiger partial charge in [-0.1, -0.05) is 24.3 Å². The summed E-state index contributed by atoms with van der Waals surface area (Å²) < 4.78 is 39.6. The number of fused-ring (bicyclic) bond motifs is 5. The van der Waals surface area contributed by atoms with Crippen LogP contribution < -0.4 is 0 Å². The Morgan fingerprint density at radius 3 is 2.32 bits per heavy atom. The molecule has 3 aliphatic rings.